The third kappa shape index (κ3) is 5.33. The first-order chi connectivity index (χ1) is 9.60. The highest BCUT2D eigenvalue weighted by atomic mass is 32.2. The zero-order valence-corrected chi connectivity index (χ0v) is 13.7. The SMILES string of the molecule is CCCNC(CSCC(C)C)c1cccc(OC)c1F. The van der Waals surface area contributed by atoms with Gasteiger partial charge in [0, 0.05) is 17.4 Å². The van der Waals surface area contributed by atoms with Crippen molar-refractivity contribution in [3.8, 4) is 5.75 Å². The maximum atomic E-state index is 14.4. The molecule has 0 aliphatic rings. The molecular formula is C16H26FNOS. The molecule has 0 aliphatic carbocycles. The van der Waals surface area contributed by atoms with Crippen LogP contribution in [0.3, 0.4) is 0 Å². The highest BCUT2D eigenvalue weighted by molar-refractivity contribution is 7.99. The summed E-state index contributed by atoms with van der Waals surface area (Å²) in [7, 11) is 1.50. The lowest BCUT2D eigenvalue weighted by Gasteiger charge is -2.20. The molecule has 0 saturated carbocycles. The topological polar surface area (TPSA) is 21.3 Å². The molecule has 1 unspecified atom stereocenters. The Labute approximate surface area is 126 Å². The van der Waals surface area contributed by atoms with Crippen LogP contribution in [0.1, 0.15) is 38.8 Å². The first-order valence-electron chi connectivity index (χ1n) is 7.23. The number of benzene rings is 1. The minimum atomic E-state index is -0.242. The molecule has 0 bridgehead atoms. The number of halogens is 1. The van der Waals surface area contributed by atoms with Crippen LogP contribution >= 0.6 is 11.8 Å². The van der Waals surface area contributed by atoms with Crippen LogP contribution in [0, 0.1) is 11.7 Å². The molecule has 0 fully saturated rings. The molecule has 1 rings (SSSR count). The van der Waals surface area contributed by atoms with Crippen LogP contribution in [-0.4, -0.2) is 25.2 Å². The average Bonchev–Trinajstić information content (AvgIpc) is 2.43. The van der Waals surface area contributed by atoms with Crippen molar-refractivity contribution in [2.45, 2.75) is 33.2 Å². The van der Waals surface area contributed by atoms with Crippen molar-refractivity contribution in [3.63, 3.8) is 0 Å². The van der Waals surface area contributed by atoms with Crippen molar-refractivity contribution in [2.24, 2.45) is 5.92 Å². The number of nitrogens with one attached hydrogen (secondary N) is 1. The Morgan fingerprint density at radius 2 is 2.05 bits per heavy atom. The second-order valence-electron chi connectivity index (χ2n) is 5.30. The van der Waals surface area contributed by atoms with Gasteiger partial charge in [0.1, 0.15) is 0 Å². The third-order valence-corrected chi connectivity index (χ3v) is 4.44. The first kappa shape index (κ1) is 17.3. The van der Waals surface area contributed by atoms with Gasteiger partial charge in [-0.15, -0.1) is 0 Å². The maximum Gasteiger partial charge on any atom is 0.169 e. The normalized spacial score (nSPS) is 12.7. The molecule has 0 aliphatic heterocycles. The van der Waals surface area contributed by atoms with Gasteiger partial charge in [0.15, 0.2) is 11.6 Å². The number of hydrogen-bond donors (Lipinski definition) is 1. The number of thioether (sulfide) groups is 1. The quantitative estimate of drug-likeness (QED) is 0.736. The molecule has 4 heteroatoms. The van der Waals surface area contributed by atoms with E-state index < -0.39 is 0 Å². The summed E-state index contributed by atoms with van der Waals surface area (Å²) in [5.41, 5.74) is 0.703. The van der Waals surface area contributed by atoms with Crippen molar-refractivity contribution < 1.29 is 9.13 Å². The summed E-state index contributed by atoms with van der Waals surface area (Å²) < 4.78 is 19.4. The fourth-order valence-corrected chi connectivity index (χ4v) is 3.09. The van der Waals surface area contributed by atoms with E-state index in [-0.39, 0.29) is 11.9 Å². The van der Waals surface area contributed by atoms with E-state index in [2.05, 4.69) is 26.1 Å². The maximum absolute atomic E-state index is 14.4. The van der Waals surface area contributed by atoms with Crippen LogP contribution in [0.5, 0.6) is 5.75 Å². The summed E-state index contributed by atoms with van der Waals surface area (Å²) in [6.07, 6.45) is 1.04. The Bertz CT molecular complexity index is 398. The van der Waals surface area contributed by atoms with Gasteiger partial charge in [-0.25, -0.2) is 4.39 Å². The third-order valence-electron chi connectivity index (χ3n) is 2.96. The molecule has 1 aromatic rings. The summed E-state index contributed by atoms with van der Waals surface area (Å²) in [5, 5.41) is 3.44. The molecule has 0 saturated heterocycles. The lowest BCUT2D eigenvalue weighted by molar-refractivity contribution is 0.381. The summed E-state index contributed by atoms with van der Waals surface area (Å²) in [5.74, 6) is 2.70. The lowest BCUT2D eigenvalue weighted by Crippen LogP contribution is -2.25. The van der Waals surface area contributed by atoms with Crippen LogP contribution in [-0.2, 0) is 0 Å². The predicted molar refractivity (Wildman–Crippen MR) is 86.1 cm³/mol. The van der Waals surface area contributed by atoms with E-state index in [4.69, 9.17) is 4.74 Å². The molecule has 0 heterocycles. The summed E-state index contributed by atoms with van der Waals surface area (Å²) in [6, 6.07) is 5.40. The Morgan fingerprint density at radius 1 is 1.30 bits per heavy atom. The number of hydrogen-bond acceptors (Lipinski definition) is 3. The van der Waals surface area contributed by atoms with Crippen molar-refractivity contribution in [1.29, 1.82) is 0 Å². The molecule has 1 atom stereocenters. The summed E-state index contributed by atoms with van der Waals surface area (Å²) >= 11 is 1.87. The van der Waals surface area contributed by atoms with Gasteiger partial charge < -0.3 is 10.1 Å². The largest absolute Gasteiger partial charge is 0.494 e. The van der Waals surface area contributed by atoms with E-state index in [9.17, 15) is 4.39 Å². The molecule has 114 valence electrons. The molecule has 20 heavy (non-hydrogen) atoms. The summed E-state index contributed by atoms with van der Waals surface area (Å²) in [4.78, 5) is 0. The molecule has 0 radical (unpaired) electrons. The number of methoxy groups -OCH3 is 1. The average molecular weight is 299 g/mol. The van der Waals surface area contributed by atoms with Crippen LogP contribution in [0.25, 0.3) is 0 Å². The van der Waals surface area contributed by atoms with Crippen LogP contribution < -0.4 is 10.1 Å². The lowest BCUT2D eigenvalue weighted by atomic mass is 10.1. The van der Waals surface area contributed by atoms with E-state index in [0.717, 1.165) is 24.5 Å². The van der Waals surface area contributed by atoms with Gasteiger partial charge >= 0.3 is 0 Å². The van der Waals surface area contributed by atoms with Crippen LogP contribution in [0.2, 0.25) is 0 Å². The van der Waals surface area contributed by atoms with Crippen molar-refractivity contribution in [1.82, 2.24) is 5.32 Å². The smallest absolute Gasteiger partial charge is 0.169 e. The van der Waals surface area contributed by atoms with Gasteiger partial charge in [-0.1, -0.05) is 32.9 Å². The fraction of sp³-hybridized carbons (Fsp3) is 0.625. The second kappa shape index (κ2) is 9.24. The zero-order valence-electron chi connectivity index (χ0n) is 12.9. The predicted octanol–water partition coefficient (Wildman–Crippen LogP) is 4.26. The zero-order chi connectivity index (χ0) is 15.0. The van der Waals surface area contributed by atoms with Gasteiger partial charge in [0.05, 0.1) is 7.11 Å². The van der Waals surface area contributed by atoms with Gasteiger partial charge in [-0.05, 0) is 30.7 Å². The van der Waals surface area contributed by atoms with Gasteiger partial charge in [-0.2, -0.15) is 11.8 Å². The van der Waals surface area contributed by atoms with E-state index in [1.807, 2.05) is 23.9 Å². The molecule has 0 spiro atoms. The van der Waals surface area contributed by atoms with Crippen molar-refractivity contribution in [2.75, 3.05) is 25.2 Å². The molecule has 1 N–H and O–H groups in total. The molecular weight excluding hydrogens is 273 g/mol. The fourth-order valence-electron chi connectivity index (χ4n) is 1.95. The highest BCUT2D eigenvalue weighted by Crippen LogP contribution is 2.27. The van der Waals surface area contributed by atoms with E-state index in [0.29, 0.717) is 17.2 Å². The van der Waals surface area contributed by atoms with E-state index >= 15 is 0 Å². The number of rotatable bonds is 9. The summed E-state index contributed by atoms with van der Waals surface area (Å²) in [6.45, 7) is 7.41. The standard InChI is InChI=1S/C16H26FNOS/c1-5-9-18-14(11-20-10-12(2)3)13-7-6-8-15(19-4)16(13)17/h6-8,12,14,18H,5,9-11H2,1-4H3. The molecule has 1 aromatic carbocycles. The minimum Gasteiger partial charge on any atom is -0.494 e. The van der Waals surface area contributed by atoms with E-state index in [1.54, 1.807) is 6.07 Å². The Hall–Kier alpha value is -0.740. The Balaban J connectivity index is 2.80. The van der Waals surface area contributed by atoms with Gasteiger partial charge in [0.2, 0.25) is 0 Å². The Morgan fingerprint density at radius 3 is 2.65 bits per heavy atom. The highest BCUT2D eigenvalue weighted by Gasteiger charge is 2.18. The molecule has 0 aromatic heterocycles. The number of ether oxygens (including phenoxy) is 1. The van der Waals surface area contributed by atoms with Gasteiger partial charge in [-0.3, -0.25) is 0 Å². The monoisotopic (exact) mass is 299 g/mol. The molecule has 0 amide bonds. The van der Waals surface area contributed by atoms with E-state index in [1.165, 1.54) is 7.11 Å². The minimum absolute atomic E-state index is 0.0359. The molecule has 2 nitrogen and oxygen atoms in total. The Kier molecular flexibility index (Phi) is 8.00. The van der Waals surface area contributed by atoms with Crippen LogP contribution in [0.15, 0.2) is 18.2 Å². The van der Waals surface area contributed by atoms with Crippen molar-refractivity contribution in [3.05, 3.63) is 29.6 Å². The van der Waals surface area contributed by atoms with Crippen LogP contribution in [0.4, 0.5) is 4.39 Å². The second-order valence-corrected chi connectivity index (χ2v) is 6.38. The first-order valence-corrected chi connectivity index (χ1v) is 8.39. The van der Waals surface area contributed by atoms with Gasteiger partial charge in [0.25, 0.3) is 0 Å². The van der Waals surface area contributed by atoms with Crippen molar-refractivity contribution >= 4 is 11.8 Å².